The molecule has 1 aromatic heterocycles. The van der Waals surface area contributed by atoms with Gasteiger partial charge in [-0.3, -0.25) is 9.82 Å². The molecular formula is C9H10N4O2S. The summed E-state index contributed by atoms with van der Waals surface area (Å²) >= 11 is 0. The first-order valence-corrected chi connectivity index (χ1v) is 5.93. The van der Waals surface area contributed by atoms with Gasteiger partial charge in [-0.15, -0.1) is 0 Å². The van der Waals surface area contributed by atoms with E-state index in [9.17, 15) is 8.42 Å². The number of benzene rings is 1. The van der Waals surface area contributed by atoms with Crippen LogP contribution in [0, 0.1) is 0 Å². The highest BCUT2D eigenvalue weighted by molar-refractivity contribution is 7.92. The van der Waals surface area contributed by atoms with E-state index in [0.717, 1.165) is 0 Å². The van der Waals surface area contributed by atoms with E-state index in [1.807, 2.05) is 0 Å². The maximum absolute atomic E-state index is 11.8. The summed E-state index contributed by atoms with van der Waals surface area (Å²) < 4.78 is 25.9. The summed E-state index contributed by atoms with van der Waals surface area (Å²) in [4.78, 5) is 0.0786. The number of aromatic amines is 1. The van der Waals surface area contributed by atoms with Gasteiger partial charge in [0.15, 0.2) is 0 Å². The summed E-state index contributed by atoms with van der Waals surface area (Å²) in [6, 6.07) is 6.50. The molecule has 0 saturated heterocycles. The van der Waals surface area contributed by atoms with E-state index in [2.05, 4.69) is 14.9 Å². The maximum Gasteiger partial charge on any atom is 0.265 e. The van der Waals surface area contributed by atoms with Gasteiger partial charge in [0, 0.05) is 11.9 Å². The van der Waals surface area contributed by atoms with E-state index in [1.54, 1.807) is 18.2 Å². The summed E-state index contributed by atoms with van der Waals surface area (Å²) in [7, 11) is -3.59. The van der Waals surface area contributed by atoms with E-state index in [0.29, 0.717) is 11.4 Å². The van der Waals surface area contributed by atoms with Gasteiger partial charge in [0.25, 0.3) is 10.0 Å². The Hall–Kier alpha value is -2.02. The fourth-order valence-corrected chi connectivity index (χ4v) is 2.16. The monoisotopic (exact) mass is 238 g/mol. The Kier molecular flexibility index (Phi) is 2.53. The van der Waals surface area contributed by atoms with Crippen molar-refractivity contribution in [3.63, 3.8) is 0 Å². The van der Waals surface area contributed by atoms with Crippen LogP contribution in [0.1, 0.15) is 0 Å². The average Bonchev–Trinajstić information content (AvgIpc) is 2.69. The summed E-state index contributed by atoms with van der Waals surface area (Å²) in [5, 5.41) is 6.02. The minimum absolute atomic E-state index is 0.0786. The Morgan fingerprint density at radius 1 is 1.38 bits per heavy atom. The number of anilines is 2. The van der Waals surface area contributed by atoms with Crippen LogP contribution in [-0.2, 0) is 10.0 Å². The minimum atomic E-state index is -3.59. The number of rotatable bonds is 3. The topological polar surface area (TPSA) is 101 Å². The van der Waals surface area contributed by atoms with Crippen molar-refractivity contribution in [2.45, 2.75) is 4.90 Å². The zero-order valence-electron chi connectivity index (χ0n) is 8.21. The van der Waals surface area contributed by atoms with Gasteiger partial charge in [-0.05, 0) is 18.2 Å². The fourth-order valence-electron chi connectivity index (χ4n) is 1.20. The molecule has 0 aliphatic rings. The molecule has 0 aliphatic heterocycles. The number of nitrogens with two attached hydrogens (primary N) is 1. The maximum atomic E-state index is 11.8. The number of sulfonamides is 1. The number of nitrogens with zero attached hydrogens (tertiary/aromatic N) is 1. The Balaban J connectivity index is 2.29. The Morgan fingerprint density at radius 2 is 2.19 bits per heavy atom. The molecule has 16 heavy (non-hydrogen) atoms. The molecule has 4 N–H and O–H groups in total. The van der Waals surface area contributed by atoms with Crippen LogP contribution in [-0.4, -0.2) is 18.6 Å². The van der Waals surface area contributed by atoms with Crippen LogP contribution in [0.5, 0.6) is 0 Å². The molecule has 7 heteroatoms. The third-order valence-electron chi connectivity index (χ3n) is 1.92. The smallest absolute Gasteiger partial charge is 0.265 e. The van der Waals surface area contributed by atoms with Crippen molar-refractivity contribution in [1.82, 2.24) is 10.2 Å². The van der Waals surface area contributed by atoms with Crippen LogP contribution >= 0.6 is 0 Å². The van der Waals surface area contributed by atoms with Gasteiger partial charge >= 0.3 is 0 Å². The lowest BCUT2D eigenvalue weighted by atomic mass is 10.3. The zero-order chi connectivity index (χ0) is 11.6. The van der Waals surface area contributed by atoms with Gasteiger partial charge in [-0.25, -0.2) is 8.42 Å². The molecule has 0 radical (unpaired) electrons. The quantitative estimate of drug-likeness (QED) is 0.688. The SMILES string of the molecule is Nc1cccc(NS(=O)(=O)c2cn[nH]c2)c1. The molecule has 1 heterocycles. The molecule has 0 spiro atoms. The third-order valence-corrected chi connectivity index (χ3v) is 3.27. The zero-order valence-corrected chi connectivity index (χ0v) is 9.03. The molecule has 0 bridgehead atoms. The van der Waals surface area contributed by atoms with E-state index in [-0.39, 0.29) is 4.90 Å². The van der Waals surface area contributed by atoms with Gasteiger partial charge in [0.1, 0.15) is 4.90 Å². The van der Waals surface area contributed by atoms with Gasteiger partial charge < -0.3 is 5.73 Å². The second-order valence-corrected chi connectivity index (χ2v) is 4.85. The lowest BCUT2D eigenvalue weighted by molar-refractivity contribution is 0.601. The standard InChI is InChI=1S/C9H10N4O2S/c10-7-2-1-3-8(4-7)13-16(14,15)9-5-11-12-6-9/h1-6,13H,10H2,(H,11,12). The van der Waals surface area contributed by atoms with Crippen LogP contribution in [0.15, 0.2) is 41.6 Å². The van der Waals surface area contributed by atoms with Crippen LogP contribution in [0.3, 0.4) is 0 Å². The molecule has 2 rings (SSSR count). The highest BCUT2D eigenvalue weighted by atomic mass is 32.2. The molecule has 1 aromatic carbocycles. The van der Waals surface area contributed by atoms with Gasteiger partial charge in [0.2, 0.25) is 0 Å². The summed E-state index contributed by atoms with van der Waals surface area (Å²) in [6.45, 7) is 0. The van der Waals surface area contributed by atoms with E-state index in [4.69, 9.17) is 5.73 Å². The largest absolute Gasteiger partial charge is 0.399 e. The first-order valence-electron chi connectivity index (χ1n) is 4.45. The van der Waals surface area contributed by atoms with Crippen molar-refractivity contribution in [2.75, 3.05) is 10.5 Å². The lowest BCUT2D eigenvalue weighted by Gasteiger charge is -2.06. The van der Waals surface area contributed by atoms with Gasteiger partial charge in [-0.2, -0.15) is 5.10 Å². The first kappa shape index (κ1) is 10.5. The highest BCUT2D eigenvalue weighted by Crippen LogP contribution is 2.16. The highest BCUT2D eigenvalue weighted by Gasteiger charge is 2.14. The van der Waals surface area contributed by atoms with Crippen LogP contribution < -0.4 is 10.5 Å². The van der Waals surface area contributed by atoms with Gasteiger partial charge in [0.05, 0.1) is 11.9 Å². The normalized spacial score (nSPS) is 11.2. The van der Waals surface area contributed by atoms with Crippen molar-refractivity contribution in [3.05, 3.63) is 36.7 Å². The second-order valence-electron chi connectivity index (χ2n) is 3.16. The van der Waals surface area contributed by atoms with Crippen LogP contribution in [0.4, 0.5) is 11.4 Å². The number of H-pyrrole nitrogens is 1. The molecule has 6 nitrogen and oxygen atoms in total. The van der Waals surface area contributed by atoms with E-state index in [1.165, 1.54) is 18.5 Å². The summed E-state index contributed by atoms with van der Waals surface area (Å²) in [5.41, 5.74) is 6.45. The van der Waals surface area contributed by atoms with Crippen molar-refractivity contribution >= 4 is 21.4 Å². The number of hydrogen-bond donors (Lipinski definition) is 3. The molecule has 0 amide bonds. The Labute approximate surface area is 92.5 Å². The second kappa shape index (κ2) is 3.86. The molecule has 0 atom stereocenters. The van der Waals surface area contributed by atoms with Crippen molar-refractivity contribution in [1.29, 1.82) is 0 Å². The molecule has 84 valence electrons. The molecule has 0 saturated carbocycles. The molecular weight excluding hydrogens is 228 g/mol. The van der Waals surface area contributed by atoms with Crippen molar-refractivity contribution < 1.29 is 8.42 Å². The van der Waals surface area contributed by atoms with Crippen LogP contribution in [0.2, 0.25) is 0 Å². The average molecular weight is 238 g/mol. The molecule has 0 fully saturated rings. The van der Waals surface area contributed by atoms with Crippen LogP contribution in [0.25, 0.3) is 0 Å². The number of aromatic nitrogens is 2. The van der Waals surface area contributed by atoms with E-state index < -0.39 is 10.0 Å². The first-order chi connectivity index (χ1) is 7.58. The number of nitrogen functional groups attached to an aromatic ring is 1. The van der Waals surface area contributed by atoms with Crippen molar-refractivity contribution in [3.8, 4) is 0 Å². The molecule has 2 aromatic rings. The molecule has 0 unspecified atom stereocenters. The van der Waals surface area contributed by atoms with E-state index >= 15 is 0 Å². The Bertz CT molecular complexity index is 577. The Morgan fingerprint density at radius 3 is 2.81 bits per heavy atom. The summed E-state index contributed by atoms with van der Waals surface area (Å²) in [5.74, 6) is 0. The molecule has 0 aliphatic carbocycles. The predicted molar refractivity (Wildman–Crippen MR) is 60.3 cm³/mol. The third kappa shape index (κ3) is 2.14. The predicted octanol–water partition coefficient (Wildman–Crippen LogP) is 0.793. The van der Waals surface area contributed by atoms with Crippen molar-refractivity contribution in [2.24, 2.45) is 0 Å². The summed E-state index contributed by atoms with van der Waals surface area (Å²) in [6.07, 6.45) is 2.53. The van der Waals surface area contributed by atoms with Gasteiger partial charge in [-0.1, -0.05) is 6.07 Å². The lowest BCUT2D eigenvalue weighted by Crippen LogP contribution is -2.12. The number of hydrogen-bond acceptors (Lipinski definition) is 4. The number of nitrogens with one attached hydrogen (secondary N) is 2. The minimum Gasteiger partial charge on any atom is -0.399 e. The fraction of sp³-hybridized carbons (Fsp3) is 0.